The van der Waals surface area contributed by atoms with Crippen LogP contribution in [0.4, 0.5) is 4.39 Å². The fourth-order valence-electron chi connectivity index (χ4n) is 3.86. The molecule has 0 radical (unpaired) electrons. The highest BCUT2D eigenvalue weighted by Crippen LogP contribution is 2.24. The predicted octanol–water partition coefficient (Wildman–Crippen LogP) is 2.03. The number of amides is 2. The number of aromatic nitrogens is 2. The van der Waals surface area contributed by atoms with Gasteiger partial charge >= 0.3 is 0 Å². The van der Waals surface area contributed by atoms with Gasteiger partial charge in [-0.05, 0) is 51.1 Å². The van der Waals surface area contributed by atoms with E-state index in [9.17, 15) is 14.0 Å². The molecule has 0 saturated carbocycles. The summed E-state index contributed by atoms with van der Waals surface area (Å²) in [7, 11) is 5.63. The average molecular weight is 416 g/mol. The number of imidazole rings is 1. The Labute approximate surface area is 176 Å². The van der Waals surface area contributed by atoms with E-state index in [1.807, 2.05) is 41.6 Å². The van der Waals surface area contributed by atoms with E-state index in [4.69, 9.17) is 0 Å². The molecule has 162 valence electrons. The molecule has 1 saturated heterocycles. The molecule has 8 heteroatoms. The summed E-state index contributed by atoms with van der Waals surface area (Å²) >= 11 is 0. The lowest BCUT2D eigenvalue weighted by Gasteiger charge is -2.35. The number of hydrogen-bond donors (Lipinski definition) is 1. The first-order valence-corrected chi connectivity index (χ1v) is 10.2. The lowest BCUT2D eigenvalue weighted by Crippen LogP contribution is -2.47. The molecule has 2 heterocycles. The van der Waals surface area contributed by atoms with Crippen LogP contribution in [0.15, 0.2) is 30.7 Å². The minimum absolute atomic E-state index is 0.0255. The molecule has 2 amide bonds. The quantitative estimate of drug-likeness (QED) is 0.784. The third-order valence-electron chi connectivity index (χ3n) is 5.76. The van der Waals surface area contributed by atoms with Crippen LogP contribution in [0.1, 0.15) is 35.7 Å². The molecule has 1 aliphatic heterocycles. The maximum Gasteiger partial charge on any atom is 0.246 e. The summed E-state index contributed by atoms with van der Waals surface area (Å²) in [5.41, 5.74) is 2.17. The number of carbonyl (C=O) groups is 2. The van der Waals surface area contributed by atoms with Crippen molar-refractivity contribution >= 4 is 11.8 Å². The fraction of sp³-hybridized carbons (Fsp3) is 0.500. The van der Waals surface area contributed by atoms with Gasteiger partial charge in [0, 0.05) is 32.6 Å². The normalized spacial score (nSPS) is 16.0. The smallest absolute Gasteiger partial charge is 0.246 e. The maximum absolute atomic E-state index is 13.7. The molecule has 1 aliphatic rings. The minimum Gasteiger partial charge on any atom is -0.352 e. The molecule has 0 spiro atoms. The van der Waals surface area contributed by atoms with Crippen LogP contribution in [0.5, 0.6) is 0 Å². The first-order valence-electron chi connectivity index (χ1n) is 10.2. The number of rotatable bonds is 6. The van der Waals surface area contributed by atoms with Crippen LogP contribution >= 0.6 is 0 Å². The van der Waals surface area contributed by atoms with Crippen LogP contribution in [-0.2, 0) is 23.2 Å². The number of nitrogens with zero attached hydrogens (tertiary/aromatic N) is 4. The summed E-state index contributed by atoms with van der Waals surface area (Å²) in [5, 5.41) is 2.90. The number of likely N-dealkylation sites (N-methyl/N-ethyl adjacent to an activating group) is 1. The molecule has 3 rings (SSSR count). The van der Waals surface area contributed by atoms with Gasteiger partial charge in [0.1, 0.15) is 11.9 Å². The first kappa shape index (κ1) is 22.0. The van der Waals surface area contributed by atoms with Gasteiger partial charge in [0.05, 0.1) is 18.2 Å². The van der Waals surface area contributed by atoms with Gasteiger partial charge in [0.2, 0.25) is 11.8 Å². The van der Waals surface area contributed by atoms with Crippen LogP contribution in [0.3, 0.4) is 0 Å². The van der Waals surface area contributed by atoms with Crippen LogP contribution in [0, 0.1) is 18.7 Å². The molecule has 1 atom stereocenters. The number of halogens is 1. The van der Waals surface area contributed by atoms with Crippen molar-refractivity contribution in [2.24, 2.45) is 13.0 Å². The largest absolute Gasteiger partial charge is 0.352 e. The second-order valence-corrected chi connectivity index (χ2v) is 8.20. The molecule has 1 unspecified atom stereocenters. The molecular formula is C22H30FN5O2. The first-order chi connectivity index (χ1) is 14.3. The number of aryl methyl sites for hydroxylation is 2. The Bertz CT molecular complexity index is 903. The van der Waals surface area contributed by atoms with Crippen molar-refractivity contribution in [3.63, 3.8) is 0 Å². The number of nitrogens with one attached hydrogen (secondary N) is 1. The zero-order valence-electron chi connectivity index (χ0n) is 18.1. The second kappa shape index (κ2) is 9.38. The predicted molar refractivity (Wildman–Crippen MR) is 112 cm³/mol. The topological polar surface area (TPSA) is 70.5 Å². The molecule has 1 aromatic heterocycles. The lowest BCUT2D eigenvalue weighted by atomic mass is 9.95. The fourth-order valence-corrected chi connectivity index (χ4v) is 3.86. The summed E-state index contributed by atoms with van der Waals surface area (Å²) in [6.45, 7) is 3.09. The van der Waals surface area contributed by atoms with Crippen molar-refractivity contribution in [3.05, 3.63) is 53.4 Å². The molecule has 1 aromatic carbocycles. The summed E-state index contributed by atoms with van der Waals surface area (Å²) in [6.07, 6.45) is 4.64. The van der Waals surface area contributed by atoms with Gasteiger partial charge in [0.25, 0.3) is 0 Å². The van der Waals surface area contributed by atoms with Gasteiger partial charge in [-0.2, -0.15) is 0 Å². The van der Waals surface area contributed by atoms with Gasteiger partial charge in [-0.25, -0.2) is 9.37 Å². The summed E-state index contributed by atoms with van der Waals surface area (Å²) in [5.74, 6) is -0.423. The molecule has 30 heavy (non-hydrogen) atoms. The van der Waals surface area contributed by atoms with Crippen molar-refractivity contribution < 1.29 is 14.0 Å². The molecule has 1 N–H and O–H groups in total. The van der Waals surface area contributed by atoms with E-state index in [2.05, 4.69) is 10.3 Å². The number of likely N-dealkylation sites (tertiary alicyclic amines) is 1. The Morgan fingerprint density at radius 1 is 1.30 bits per heavy atom. The molecular weight excluding hydrogens is 385 g/mol. The molecule has 7 nitrogen and oxygen atoms in total. The van der Waals surface area contributed by atoms with Crippen molar-refractivity contribution in [1.82, 2.24) is 24.7 Å². The van der Waals surface area contributed by atoms with E-state index >= 15 is 0 Å². The number of hydrogen-bond acceptors (Lipinski definition) is 4. The SMILES string of the molecule is Cc1ccc(CNC(=O)C2CCN(C(=O)C(c3cncn3C)N(C)C)CC2)cc1F. The average Bonchev–Trinajstić information content (AvgIpc) is 3.14. The van der Waals surface area contributed by atoms with Gasteiger partial charge < -0.3 is 14.8 Å². The Kier molecular flexibility index (Phi) is 6.87. The summed E-state index contributed by atoms with van der Waals surface area (Å²) in [4.78, 5) is 33.5. The Hall–Kier alpha value is -2.74. The standard InChI is InChI=1S/C22H30FN5O2/c1-15-5-6-16(11-18(15)23)12-25-21(29)17-7-9-28(10-8-17)22(30)20(26(2)3)19-13-24-14-27(19)4/h5-6,11,13-14,17,20H,7-10,12H2,1-4H3,(H,25,29). The summed E-state index contributed by atoms with van der Waals surface area (Å²) < 4.78 is 15.5. The highest BCUT2D eigenvalue weighted by atomic mass is 19.1. The monoisotopic (exact) mass is 415 g/mol. The van der Waals surface area contributed by atoms with E-state index in [1.165, 1.54) is 6.07 Å². The van der Waals surface area contributed by atoms with Crippen molar-refractivity contribution in [2.75, 3.05) is 27.2 Å². The van der Waals surface area contributed by atoms with E-state index in [1.54, 1.807) is 25.5 Å². The van der Waals surface area contributed by atoms with Crippen LogP contribution in [-0.4, -0.2) is 58.4 Å². The van der Waals surface area contributed by atoms with E-state index < -0.39 is 6.04 Å². The van der Waals surface area contributed by atoms with E-state index in [0.717, 1.165) is 11.3 Å². The lowest BCUT2D eigenvalue weighted by molar-refractivity contribution is -0.140. The highest BCUT2D eigenvalue weighted by molar-refractivity contribution is 5.83. The zero-order valence-corrected chi connectivity index (χ0v) is 18.1. The van der Waals surface area contributed by atoms with Crippen LogP contribution in [0.25, 0.3) is 0 Å². The number of benzene rings is 1. The van der Waals surface area contributed by atoms with Crippen LogP contribution < -0.4 is 5.32 Å². The highest BCUT2D eigenvalue weighted by Gasteiger charge is 2.33. The summed E-state index contributed by atoms with van der Waals surface area (Å²) in [6, 6.07) is 4.58. The minimum atomic E-state index is -0.403. The van der Waals surface area contributed by atoms with Gasteiger partial charge in [-0.1, -0.05) is 12.1 Å². The number of carbonyl (C=O) groups excluding carboxylic acids is 2. The van der Waals surface area contributed by atoms with Crippen molar-refractivity contribution in [1.29, 1.82) is 0 Å². The Morgan fingerprint density at radius 2 is 2.00 bits per heavy atom. The molecule has 0 aliphatic carbocycles. The Morgan fingerprint density at radius 3 is 2.57 bits per heavy atom. The zero-order chi connectivity index (χ0) is 21.8. The van der Waals surface area contributed by atoms with E-state index in [-0.39, 0.29) is 23.5 Å². The van der Waals surface area contributed by atoms with Gasteiger partial charge in [0.15, 0.2) is 0 Å². The molecule has 1 fully saturated rings. The third-order valence-corrected chi connectivity index (χ3v) is 5.76. The maximum atomic E-state index is 13.7. The number of piperidine rings is 1. The molecule has 2 aromatic rings. The van der Waals surface area contributed by atoms with Crippen molar-refractivity contribution in [2.45, 2.75) is 32.4 Å². The van der Waals surface area contributed by atoms with E-state index in [0.29, 0.717) is 38.0 Å². The molecule has 0 bridgehead atoms. The Balaban J connectivity index is 1.54. The second-order valence-electron chi connectivity index (χ2n) is 8.20. The third kappa shape index (κ3) is 4.87. The van der Waals surface area contributed by atoms with Crippen LogP contribution in [0.2, 0.25) is 0 Å². The van der Waals surface area contributed by atoms with Crippen molar-refractivity contribution in [3.8, 4) is 0 Å². The van der Waals surface area contributed by atoms with Gasteiger partial charge in [-0.3, -0.25) is 14.5 Å². The van der Waals surface area contributed by atoms with Gasteiger partial charge in [-0.15, -0.1) is 0 Å².